The zero-order valence-corrected chi connectivity index (χ0v) is 11.7. The topological polar surface area (TPSA) is 64.2 Å². The smallest absolute Gasteiger partial charge is 0.393 e. The van der Waals surface area contributed by atoms with E-state index in [1.807, 2.05) is 0 Å². The third kappa shape index (κ3) is 5.16. The molecule has 0 saturated carbocycles. The Bertz CT molecular complexity index is 486. The van der Waals surface area contributed by atoms with Gasteiger partial charge in [-0.25, -0.2) is 0 Å². The van der Waals surface area contributed by atoms with Gasteiger partial charge in [0.25, 0.3) is 0 Å². The summed E-state index contributed by atoms with van der Waals surface area (Å²) >= 11 is 4.70. The van der Waals surface area contributed by atoms with E-state index in [-0.39, 0.29) is 18.9 Å². The van der Waals surface area contributed by atoms with Crippen LogP contribution >= 0.6 is 12.2 Å². The molecule has 0 bridgehead atoms. The number of hydrogen-bond acceptors (Lipinski definition) is 3. The first-order chi connectivity index (χ1) is 9.20. The van der Waals surface area contributed by atoms with Crippen LogP contribution in [-0.2, 0) is 17.5 Å². The molecule has 112 valence electrons. The van der Waals surface area contributed by atoms with Gasteiger partial charge >= 0.3 is 6.18 Å². The highest BCUT2D eigenvalue weighted by Crippen LogP contribution is 2.27. The molecule has 1 heterocycles. The Morgan fingerprint density at radius 3 is 2.65 bits per heavy atom. The van der Waals surface area contributed by atoms with Crippen LogP contribution in [0.4, 0.5) is 13.2 Å². The summed E-state index contributed by atoms with van der Waals surface area (Å²) < 4.78 is 38.1. The van der Waals surface area contributed by atoms with Crippen molar-refractivity contribution in [2.75, 3.05) is 13.6 Å². The van der Waals surface area contributed by atoms with Gasteiger partial charge in [-0.05, 0) is 6.07 Å². The Kier molecular flexibility index (Phi) is 5.49. The minimum atomic E-state index is -4.47. The van der Waals surface area contributed by atoms with Crippen molar-refractivity contribution < 1.29 is 18.0 Å². The fourth-order valence-corrected chi connectivity index (χ4v) is 1.53. The lowest BCUT2D eigenvalue weighted by Gasteiger charge is -2.16. The van der Waals surface area contributed by atoms with E-state index in [2.05, 4.69) is 5.10 Å². The van der Waals surface area contributed by atoms with Crippen LogP contribution < -0.4 is 5.73 Å². The molecule has 0 aliphatic heterocycles. The zero-order valence-electron chi connectivity index (χ0n) is 10.9. The van der Waals surface area contributed by atoms with E-state index in [0.717, 1.165) is 10.7 Å². The second-order valence-corrected chi connectivity index (χ2v) is 4.77. The van der Waals surface area contributed by atoms with Gasteiger partial charge in [-0.3, -0.25) is 9.48 Å². The second kappa shape index (κ2) is 6.69. The van der Waals surface area contributed by atoms with Gasteiger partial charge in [0.15, 0.2) is 5.69 Å². The summed E-state index contributed by atoms with van der Waals surface area (Å²) in [6, 6.07) is 0.876. The van der Waals surface area contributed by atoms with Crippen molar-refractivity contribution in [1.82, 2.24) is 14.7 Å². The predicted molar refractivity (Wildman–Crippen MR) is 70.9 cm³/mol. The predicted octanol–water partition coefficient (Wildman–Crippen LogP) is 1.43. The summed E-state index contributed by atoms with van der Waals surface area (Å²) in [5.74, 6) is -0.203. The van der Waals surface area contributed by atoms with E-state index in [9.17, 15) is 18.0 Å². The lowest BCUT2D eigenvalue weighted by atomic mass is 10.3. The first-order valence-corrected chi connectivity index (χ1v) is 6.24. The molecule has 9 heteroatoms. The number of carbonyl (C=O) groups is 1. The normalized spacial score (nSPS) is 11.4. The summed E-state index contributed by atoms with van der Waals surface area (Å²) in [6.07, 6.45) is -2.79. The van der Waals surface area contributed by atoms with Gasteiger partial charge in [0.2, 0.25) is 5.91 Å². The van der Waals surface area contributed by atoms with Crippen LogP contribution in [0.1, 0.15) is 18.5 Å². The maximum absolute atomic E-state index is 12.3. The van der Waals surface area contributed by atoms with Crippen molar-refractivity contribution in [3.05, 3.63) is 18.0 Å². The van der Waals surface area contributed by atoms with Gasteiger partial charge in [0, 0.05) is 39.2 Å². The molecule has 0 atom stereocenters. The summed E-state index contributed by atoms with van der Waals surface area (Å²) in [5, 5.41) is 3.37. The molecule has 0 aliphatic carbocycles. The average molecular weight is 308 g/mol. The van der Waals surface area contributed by atoms with Crippen LogP contribution in [0.25, 0.3) is 0 Å². The third-order valence-electron chi connectivity index (χ3n) is 2.61. The molecule has 1 aromatic heterocycles. The summed E-state index contributed by atoms with van der Waals surface area (Å²) in [4.78, 5) is 13.5. The molecule has 0 unspecified atom stereocenters. The van der Waals surface area contributed by atoms with Crippen molar-refractivity contribution in [2.45, 2.75) is 25.6 Å². The molecule has 1 aromatic rings. The van der Waals surface area contributed by atoms with E-state index >= 15 is 0 Å². The molecule has 0 spiro atoms. The number of halogens is 3. The Morgan fingerprint density at radius 1 is 1.50 bits per heavy atom. The molecule has 0 aliphatic rings. The summed E-state index contributed by atoms with van der Waals surface area (Å²) in [6.45, 7) is 0.480. The second-order valence-electron chi connectivity index (χ2n) is 4.24. The lowest BCUT2D eigenvalue weighted by molar-refractivity contribution is -0.141. The van der Waals surface area contributed by atoms with Gasteiger partial charge < -0.3 is 10.6 Å². The number of aryl methyl sites for hydroxylation is 1. The van der Waals surface area contributed by atoms with Crippen molar-refractivity contribution >= 4 is 23.1 Å². The van der Waals surface area contributed by atoms with Crippen LogP contribution in [0.15, 0.2) is 12.3 Å². The van der Waals surface area contributed by atoms with E-state index < -0.39 is 11.9 Å². The Balaban J connectivity index is 2.45. The fraction of sp³-hybridized carbons (Fsp3) is 0.545. The molecule has 20 heavy (non-hydrogen) atoms. The first kappa shape index (κ1) is 16.4. The number of nitrogens with two attached hydrogens (primary N) is 1. The number of rotatable bonds is 6. The molecule has 1 rings (SSSR count). The lowest BCUT2D eigenvalue weighted by Crippen LogP contribution is -2.30. The molecular formula is C11H15F3N4OS. The molecule has 0 fully saturated rings. The molecule has 0 aromatic carbocycles. The van der Waals surface area contributed by atoms with Gasteiger partial charge in [0.05, 0.1) is 4.99 Å². The maximum Gasteiger partial charge on any atom is 0.435 e. The molecule has 1 amide bonds. The van der Waals surface area contributed by atoms with Crippen LogP contribution in [0, 0.1) is 0 Å². The SMILES string of the molecule is CN(CCC(N)=S)C(=O)CCn1ccc(C(F)(F)F)n1. The van der Waals surface area contributed by atoms with Gasteiger partial charge in [-0.1, -0.05) is 12.2 Å². The van der Waals surface area contributed by atoms with Crippen LogP contribution in [0.2, 0.25) is 0 Å². The number of nitrogens with zero attached hydrogens (tertiary/aromatic N) is 3. The number of thiocarbonyl (C=S) groups is 1. The minimum Gasteiger partial charge on any atom is -0.393 e. The van der Waals surface area contributed by atoms with E-state index in [0.29, 0.717) is 18.0 Å². The van der Waals surface area contributed by atoms with Gasteiger partial charge in [-0.15, -0.1) is 0 Å². The minimum absolute atomic E-state index is 0.0623. The molecular weight excluding hydrogens is 293 g/mol. The molecule has 0 radical (unpaired) electrons. The standard InChI is InChI=1S/C11H15F3N4OS/c1-17(5-3-9(15)20)10(19)4-7-18-6-2-8(16-18)11(12,13)14/h2,6H,3-5,7H2,1H3,(H2,15,20). The van der Waals surface area contributed by atoms with Gasteiger partial charge in [-0.2, -0.15) is 18.3 Å². The Hall–Kier alpha value is -1.64. The van der Waals surface area contributed by atoms with Crippen LogP contribution in [-0.4, -0.2) is 39.2 Å². The molecule has 0 saturated heterocycles. The van der Waals surface area contributed by atoms with Crippen molar-refractivity contribution in [2.24, 2.45) is 5.73 Å². The first-order valence-electron chi connectivity index (χ1n) is 5.83. The Labute approximate surface area is 119 Å². The highest BCUT2D eigenvalue weighted by atomic mass is 32.1. The summed E-state index contributed by atoms with van der Waals surface area (Å²) in [7, 11) is 1.59. The van der Waals surface area contributed by atoms with Crippen molar-refractivity contribution in [3.63, 3.8) is 0 Å². The van der Waals surface area contributed by atoms with Crippen LogP contribution in [0.5, 0.6) is 0 Å². The highest BCUT2D eigenvalue weighted by Gasteiger charge is 2.33. The van der Waals surface area contributed by atoms with E-state index in [4.69, 9.17) is 18.0 Å². The number of alkyl halides is 3. The number of hydrogen-bond donors (Lipinski definition) is 1. The van der Waals surface area contributed by atoms with Crippen molar-refractivity contribution in [1.29, 1.82) is 0 Å². The number of aromatic nitrogens is 2. The molecule has 2 N–H and O–H groups in total. The van der Waals surface area contributed by atoms with Crippen molar-refractivity contribution in [3.8, 4) is 0 Å². The quantitative estimate of drug-likeness (QED) is 0.808. The van der Waals surface area contributed by atoms with Crippen LogP contribution in [0.3, 0.4) is 0 Å². The maximum atomic E-state index is 12.3. The monoisotopic (exact) mass is 308 g/mol. The summed E-state index contributed by atoms with van der Waals surface area (Å²) in [5.41, 5.74) is 4.36. The number of amides is 1. The van der Waals surface area contributed by atoms with Gasteiger partial charge in [0.1, 0.15) is 0 Å². The zero-order chi connectivity index (χ0) is 15.3. The highest BCUT2D eigenvalue weighted by molar-refractivity contribution is 7.80. The Morgan fingerprint density at radius 2 is 2.15 bits per heavy atom. The number of carbonyl (C=O) groups excluding carboxylic acids is 1. The van der Waals surface area contributed by atoms with E-state index in [1.165, 1.54) is 11.1 Å². The molecule has 5 nitrogen and oxygen atoms in total. The third-order valence-corrected chi connectivity index (χ3v) is 2.81. The fourth-order valence-electron chi connectivity index (χ4n) is 1.44. The largest absolute Gasteiger partial charge is 0.435 e. The van der Waals surface area contributed by atoms with E-state index in [1.54, 1.807) is 7.05 Å². The average Bonchev–Trinajstić information content (AvgIpc) is 2.81.